The number of nitrogens with zero attached hydrogens (tertiary/aromatic N) is 3. The third kappa shape index (κ3) is 2.60. The van der Waals surface area contributed by atoms with Gasteiger partial charge in [-0.2, -0.15) is 0 Å². The van der Waals surface area contributed by atoms with E-state index in [0.29, 0.717) is 6.42 Å². The Morgan fingerprint density at radius 1 is 1.56 bits per heavy atom. The molecule has 0 unspecified atom stereocenters. The van der Waals surface area contributed by atoms with E-state index in [0.717, 1.165) is 36.5 Å². The van der Waals surface area contributed by atoms with Crippen LogP contribution in [-0.2, 0) is 11.2 Å². The number of carbonyl (C=O) groups is 1. The highest BCUT2D eigenvalue weighted by Crippen LogP contribution is 2.28. The van der Waals surface area contributed by atoms with Crippen molar-refractivity contribution in [2.75, 3.05) is 19.0 Å². The molecule has 1 atom stereocenters. The van der Waals surface area contributed by atoms with E-state index >= 15 is 0 Å². The molecule has 0 aliphatic heterocycles. The van der Waals surface area contributed by atoms with Gasteiger partial charge in [0, 0.05) is 32.3 Å². The third-order valence-corrected chi connectivity index (χ3v) is 3.23. The Kier molecular flexibility index (Phi) is 3.79. The molecule has 2 rings (SSSR count). The molecule has 0 saturated carbocycles. The Morgan fingerprint density at radius 3 is 3.00 bits per heavy atom. The molecule has 1 N–H and O–H groups in total. The van der Waals surface area contributed by atoms with Crippen LogP contribution < -0.4 is 10.2 Å². The van der Waals surface area contributed by atoms with Gasteiger partial charge in [-0.05, 0) is 19.3 Å². The van der Waals surface area contributed by atoms with Crippen molar-refractivity contribution >= 4 is 11.9 Å². The average molecular weight is 248 g/mol. The highest BCUT2D eigenvalue weighted by molar-refractivity contribution is 5.76. The van der Waals surface area contributed by atoms with E-state index in [1.807, 2.05) is 32.1 Å². The number of rotatable bonds is 3. The van der Waals surface area contributed by atoms with Crippen molar-refractivity contribution in [2.24, 2.45) is 0 Å². The highest BCUT2D eigenvalue weighted by atomic mass is 16.1. The van der Waals surface area contributed by atoms with Crippen molar-refractivity contribution in [3.63, 3.8) is 0 Å². The Labute approximate surface area is 108 Å². The molecule has 0 aromatic carbocycles. The lowest BCUT2D eigenvalue weighted by Gasteiger charge is -2.26. The van der Waals surface area contributed by atoms with Gasteiger partial charge in [-0.3, -0.25) is 4.79 Å². The van der Waals surface area contributed by atoms with E-state index in [2.05, 4.69) is 15.3 Å². The molecule has 18 heavy (non-hydrogen) atoms. The first-order chi connectivity index (χ1) is 8.61. The minimum absolute atomic E-state index is 0.0809. The Morgan fingerprint density at radius 2 is 2.33 bits per heavy atom. The SMILES string of the molecule is CCC(=O)N[C@H]1CCCc2nc(N(C)C)ncc21. The molecular weight excluding hydrogens is 228 g/mol. The zero-order valence-corrected chi connectivity index (χ0v) is 11.2. The average Bonchev–Trinajstić information content (AvgIpc) is 2.38. The van der Waals surface area contributed by atoms with Gasteiger partial charge in [-0.15, -0.1) is 0 Å². The van der Waals surface area contributed by atoms with Crippen molar-refractivity contribution in [1.82, 2.24) is 15.3 Å². The van der Waals surface area contributed by atoms with Gasteiger partial charge in [-0.1, -0.05) is 6.92 Å². The van der Waals surface area contributed by atoms with E-state index in [9.17, 15) is 4.79 Å². The molecule has 98 valence electrons. The summed E-state index contributed by atoms with van der Waals surface area (Å²) in [4.78, 5) is 22.3. The fourth-order valence-electron chi connectivity index (χ4n) is 2.20. The lowest BCUT2D eigenvalue weighted by molar-refractivity contribution is -0.121. The Balaban J connectivity index is 2.24. The van der Waals surface area contributed by atoms with Gasteiger partial charge in [-0.25, -0.2) is 9.97 Å². The van der Waals surface area contributed by atoms with Crippen LogP contribution in [-0.4, -0.2) is 30.0 Å². The van der Waals surface area contributed by atoms with Gasteiger partial charge in [0.1, 0.15) is 0 Å². The van der Waals surface area contributed by atoms with Gasteiger partial charge in [0.2, 0.25) is 11.9 Å². The summed E-state index contributed by atoms with van der Waals surface area (Å²) in [5, 5.41) is 3.04. The Hall–Kier alpha value is -1.65. The number of nitrogens with one attached hydrogen (secondary N) is 1. The van der Waals surface area contributed by atoms with E-state index < -0.39 is 0 Å². The molecule has 5 nitrogen and oxygen atoms in total. The van der Waals surface area contributed by atoms with Crippen molar-refractivity contribution in [3.05, 3.63) is 17.5 Å². The summed E-state index contributed by atoms with van der Waals surface area (Å²) >= 11 is 0. The smallest absolute Gasteiger partial charge is 0.225 e. The minimum Gasteiger partial charge on any atom is -0.349 e. The summed E-state index contributed by atoms with van der Waals surface area (Å²) < 4.78 is 0. The topological polar surface area (TPSA) is 58.1 Å². The van der Waals surface area contributed by atoms with Gasteiger partial charge in [0.05, 0.1) is 11.7 Å². The van der Waals surface area contributed by atoms with Crippen molar-refractivity contribution in [2.45, 2.75) is 38.6 Å². The second-order valence-electron chi connectivity index (χ2n) is 4.83. The second-order valence-corrected chi connectivity index (χ2v) is 4.83. The standard InChI is InChI=1S/C13H20N4O/c1-4-12(18)15-10-6-5-7-11-9(10)8-14-13(16-11)17(2)3/h8,10H,4-7H2,1-3H3,(H,15,18)/t10-/m0/s1. The molecule has 5 heteroatoms. The zero-order chi connectivity index (χ0) is 13.1. The van der Waals surface area contributed by atoms with Crippen LogP contribution in [0.2, 0.25) is 0 Å². The number of fused-ring (bicyclic) bond motifs is 1. The number of aryl methyl sites for hydroxylation is 1. The van der Waals surface area contributed by atoms with Crippen LogP contribution in [0.15, 0.2) is 6.20 Å². The molecule has 1 aliphatic carbocycles. The van der Waals surface area contributed by atoms with E-state index in [1.165, 1.54) is 0 Å². The number of hydrogen-bond acceptors (Lipinski definition) is 4. The lowest BCUT2D eigenvalue weighted by Crippen LogP contribution is -2.31. The maximum absolute atomic E-state index is 11.5. The molecular formula is C13H20N4O. The summed E-state index contributed by atoms with van der Waals surface area (Å²) in [5.41, 5.74) is 2.15. The number of amides is 1. The number of aromatic nitrogens is 2. The van der Waals surface area contributed by atoms with E-state index in [4.69, 9.17) is 0 Å². The first-order valence-electron chi connectivity index (χ1n) is 6.44. The maximum atomic E-state index is 11.5. The summed E-state index contributed by atoms with van der Waals surface area (Å²) in [6.07, 6.45) is 5.38. The number of anilines is 1. The number of carbonyl (C=O) groups excluding carboxylic acids is 1. The monoisotopic (exact) mass is 248 g/mol. The molecule has 1 heterocycles. The van der Waals surface area contributed by atoms with Crippen LogP contribution >= 0.6 is 0 Å². The lowest BCUT2D eigenvalue weighted by atomic mass is 9.92. The van der Waals surface area contributed by atoms with Gasteiger partial charge < -0.3 is 10.2 Å². The first-order valence-corrected chi connectivity index (χ1v) is 6.44. The van der Waals surface area contributed by atoms with E-state index in [-0.39, 0.29) is 11.9 Å². The quantitative estimate of drug-likeness (QED) is 0.879. The van der Waals surface area contributed by atoms with E-state index in [1.54, 1.807) is 0 Å². The molecule has 1 amide bonds. The van der Waals surface area contributed by atoms with Crippen molar-refractivity contribution < 1.29 is 4.79 Å². The zero-order valence-electron chi connectivity index (χ0n) is 11.2. The predicted molar refractivity (Wildman–Crippen MR) is 70.5 cm³/mol. The van der Waals surface area contributed by atoms with Crippen LogP contribution in [0.1, 0.15) is 43.5 Å². The fraction of sp³-hybridized carbons (Fsp3) is 0.615. The second kappa shape index (κ2) is 5.33. The molecule has 1 aromatic rings. The van der Waals surface area contributed by atoms with Gasteiger partial charge >= 0.3 is 0 Å². The summed E-state index contributed by atoms with van der Waals surface area (Å²) in [6, 6.07) is 0.0809. The van der Waals surface area contributed by atoms with Crippen molar-refractivity contribution in [1.29, 1.82) is 0 Å². The normalized spacial score (nSPS) is 18.1. The molecule has 0 saturated heterocycles. The maximum Gasteiger partial charge on any atom is 0.225 e. The van der Waals surface area contributed by atoms with Crippen LogP contribution in [0, 0.1) is 0 Å². The van der Waals surface area contributed by atoms with Crippen LogP contribution in [0.3, 0.4) is 0 Å². The molecule has 0 spiro atoms. The molecule has 0 bridgehead atoms. The minimum atomic E-state index is 0.0809. The highest BCUT2D eigenvalue weighted by Gasteiger charge is 2.23. The molecule has 1 aromatic heterocycles. The van der Waals surface area contributed by atoms with Crippen LogP contribution in [0.5, 0.6) is 0 Å². The van der Waals surface area contributed by atoms with Gasteiger partial charge in [0.15, 0.2) is 0 Å². The first kappa shape index (κ1) is 12.8. The van der Waals surface area contributed by atoms with Crippen LogP contribution in [0.25, 0.3) is 0 Å². The molecule has 0 radical (unpaired) electrons. The largest absolute Gasteiger partial charge is 0.349 e. The summed E-state index contributed by atoms with van der Waals surface area (Å²) in [6.45, 7) is 1.87. The molecule has 0 fully saturated rings. The van der Waals surface area contributed by atoms with Gasteiger partial charge in [0.25, 0.3) is 0 Å². The Bertz CT molecular complexity index is 445. The summed E-state index contributed by atoms with van der Waals surface area (Å²) in [5.74, 6) is 0.820. The third-order valence-electron chi connectivity index (χ3n) is 3.23. The number of hydrogen-bond donors (Lipinski definition) is 1. The van der Waals surface area contributed by atoms with Crippen LogP contribution in [0.4, 0.5) is 5.95 Å². The summed E-state index contributed by atoms with van der Waals surface area (Å²) in [7, 11) is 3.86. The predicted octanol–water partition coefficient (Wildman–Crippen LogP) is 1.45. The fourth-order valence-corrected chi connectivity index (χ4v) is 2.20. The molecule has 1 aliphatic rings. The van der Waals surface area contributed by atoms with Crippen molar-refractivity contribution in [3.8, 4) is 0 Å².